The molecule has 0 bridgehead atoms. The highest BCUT2D eigenvalue weighted by molar-refractivity contribution is 5.98. The number of nitrogens with one attached hydrogen (secondary N) is 1. The number of esters is 4. The van der Waals surface area contributed by atoms with E-state index < -0.39 is 66.5 Å². The second-order valence-corrected chi connectivity index (χ2v) is 10.4. The van der Waals surface area contributed by atoms with Gasteiger partial charge >= 0.3 is 23.9 Å². The summed E-state index contributed by atoms with van der Waals surface area (Å²) in [6.45, 7) is 7.73. The Labute approximate surface area is 228 Å². The number of aromatic nitrogens is 1. The van der Waals surface area contributed by atoms with E-state index in [1.807, 2.05) is 0 Å². The Balaban J connectivity index is 1.79. The van der Waals surface area contributed by atoms with E-state index in [-0.39, 0.29) is 23.8 Å². The third kappa shape index (κ3) is 7.54. The van der Waals surface area contributed by atoms with Crippen LogP contribution in [0.3, 0.4) is 0 Å². The molecule has 1 saturated heterocycles. The first-order chi connectivity index (χ1) is 18.5. The molecule has 1 amide bonds. The number of ether oxygens (including phenoxy) is 4. The van der Waals surface area contributed by atoms with E-state index in [1.165, 1.54) is 13.1 Å². The molecule has 2 heterocycles. The quantitative estimate of drug-likeness (QED) is 0.400. The second-order valence-electron chi connectivity index (χ2n) is 10.4. The van der Waals surface area contributed by atoms with Crippen molar-refractivity contribution in [3.8, 4) is 5.75 Å². The molecule has 1 aliphatic heterocycles. The van der Waals surface area contributed by atoms with E-state index in [4.69, 9.17) is 18.9 Å². The molecule has 2 fully saturated rings. The van der Waals surface area contributed by atoms with Crippen LogP contribution in [0.1, 0.15) is 82.3 Å². The number of pyridine rings is 1. The van der Waals surface area contributed by atoms with Crippen molar-refractivity contribution in [2.24, 2.45) is 17.8 Å². The standard InChI is InChI=1S/C28H38N2O9/c1-6-19-23(39-25(32)15(2)3)17(5)37-28(35)20(14-36-27(19)34)30-24(31)21-22(16(4)12-13-29-21)38-26(33)18-10-8-7-9-11-18/h12-13,15,17-20,23H,6-11,14H2,1-5H3,(H,30,31)/t17-,19+,20-,23-/m0/s1. The average molecular weight is 547 g/mol. The number of hydrogen-bond acceptors (Lipinski definition) is 10. The SMILES string of the molecule is CC[C@H]1C(=O)OC[C@H](NC(=O)c2nccc(C)c2OC(=O)C2CCCCC2)C(=O)O[C@@H](C)[C@@H]1OC(=O)C(C)C. The minimum atomic E-state index is -1.37. The first kappa shape index (κ1) is 30.0. The number of aryl methyl sites for hydroxylation is 1. The van der Waals surface area contributed by atoms with E-state index in [9.17, 15) is 24.0 Å². The van der Waals surface area contributed by atoms with Gasteiger partial charge in [0.2, 0.25) is 0 Å². The molecule has 0 aromatic carbocycles. The maximum Gasteiger partial charge on any atom is 0.332 e. The summed E-state index contributed by atoms with van der Waals surface area (Å²) in [5.74, 6) is -4.87. The van der Waals surface area contributed by atoms with Gasteiger partial charge in [-0.05, 0) is 44.7 Å². The van der Waals surface area contributed by atoms with Crippen molar-refractivity contribution in [1.29, 1.82) is 0 Å². The smallest absolute Gasteiger partial charge is 0.332 e. The van der Waals surface area contributed by atoms with Crippen LogP contribution in [0.2, 0.25) is 0 Å². The highest BCUT2D eigenvalue weighted by Crippen LogP contribution is 2.28. The summed E-state index contributed by atoms with van der Waals surface area (Å²) in [4.78, 5) is 68.3. The summed E-state index contributed by atoms with van der Waals surface area (Å²) >= 11 is 0. The maximum atomic E-state index is 13.3. The number of carbonyl (C=O) groups is 5. The first-order valence-corrected chi connectivity index (χ1v) is 13.6. The van der Waals surface area contributed by atoms with E-state index in [0.717, 1.165) is 32.1 Å². The van der Waals surface area contributed by atoms with Crippen molar-refractivity contribution in [3.63, 3.8) is 0 Å². The zero-order valence-electron chi connectivity index (χ0n) is 23.2. The van der Waals surface area contributed by atoms with Gasteiger partial charge in [0.25, 0.3) is 5.91 Å². The molecule has 1 aromatic heterocycles. The van der Waals surface area contributed by atoms with Crippen LogP contribution in [-0.4, -0.2) is 59.6 Å². The zero-order chi connectivity index (χ0) is 28.7. The van der Waals surface area contributed by atoms with Crippen molar-refractivity contribution in [2.45, 2.75) is 91.4 Å². The number of nitrogens with zero attached hydrogens (tertiary/aromatic N) is 1. The Morgan fingerprint density at radius 1 is 1.13 bits per heavy atom. The maximum absolute atomic E-state index is 13.3. The predicted octanol–water partition coefficient (Wildman–Crippen LogP) is 3.06. The van der Waals surface area contributed by atoms with Crippen LogP contribution < -0.4 is 10.1 Å². The molecule has 11 nitrogen and oxygen atoms in total. The van der Waals surface area contributed by atoms with Crippen LogP contribution in [0.15, 0.2) is 12.3 Å². The zero-order valence-corrected chi connectivity index (χ0v) is 23.2. The van der Waals surface area contributed by atoms with Crippen LogP contribution in [0.25, 0.3) is 0 Å². The summed E-state index contributed by atoms with van der Waals surface area (Å²) in [6, 6.07) is 0.242. The number of carbonyl (C=O) groups excluding carboxylic acids is 5. The molecule has 1 saturated carbocycles. The van der Waals surface area contributed by atoms with Gasteiger partial charge in [-0.1, -0.05) is 40.0 Å². The molecule has 0 unspecified atom stereocenters. The Morgan fingerprint density at radius 2 is 1.82 bits per heavy atom. The number of hydrogen-bond donors (Lipinski definition) is 1. The fraction of sp³-hybridized carbons (Fsp3) is 0.643. The van der Waals surface area contributed by atoms with Crippen LogP contribution in [0.5, 0.6) is 5.75 Å². The molecule has 4 atom stereocenters. The van der Waals surface area contributed by atoms with Gasteiger partial charge in [0.15, 0.2) is 23.6 Å². The number of amides is 1. The molecular formula is C28H38N2O9. The lowest BCUT2D eigenvalue weighted by Gasteiger charge is -2.29. The average Bonchev–Trinajstić information content (AvgIpc) is 2.94. The molecule has 0 spiro atoms. The van der Waals surface area contributed by atoms with Crippen molar-refractivity contribution < 1.29 is 42.9 Å². The fourth-order valence-electron chi connectivity index (χ4n) is 4.67. The van der Waals surface area contributed by atoms with Crippen LogP contribution in [-0.2, 0) is 33.4 Å². The Bertz CT molecular complexity index is 1080. The van der Waals surface area contributed by atoms with Gasteiger partial charge in [0.05, 0.1) is 17.8 Å². The van der Waals surface area contributed by atoms with Gasteiger partial charge in [0.1, 0.15) is 12.7 Å². The predicted molar refractivity (Wildman–Crippen MR) is 137 cm³/mol. The van der Waals surface area contributed by atoms with E-state index >= 15 is 0 Å². The summed E-state index contributed by atoms with van der Waals surface area (Å²) < 4.78 is 22.0. The Kier molecular flexibility index (Phi) is 10.4. The first-order valence-electron chi connectivity index (χ1n) is 13.6. The van der Waals surface area contributed by atoms with Crippen LogP contribution in [0.4, 0.5) is 0 Å². The van der Waals surface area contributed by atoms with Crippen molar-refractivity contribution >= 4 is 29.8 Å². The van der Waals surface area contributed by atoms with E-state index in [0.29, 0.717) is 5.56 Å². The molecule has 1 aliphatic carbocycles. The Hall–Kier alpha value is -3.50. The van der Waals surface area contributed by atoms with E-state index in [1.54, 1.807) is 33.8 Å². The molecule has 1 N–H and O–H groups in total. The highest BCUT2D eigenvalue weighted by Gasteiger charge is 2.41. The van der Waals surface area contributed by atoms with Gasteiger partial charge in [-0.25, -0.2) is 9.78 Å². The fourth-order valence-corrected chi connectivity index (χ4v) is 4.67. The van der Waals surface area contributed by atoms with Crippen LogP contribution in [0, 0.1) is 24.7 Å². The van der Waals surface area contributed by atoms with Gasteiger partial charge in [-0.2, -0.15) is 0 Å². The van der Waals surface area contributed by atoms with Crippen molar-refractivity contribution in [1.82, 2.24) is 10.3 Å². The van der Waals surface area contributed by atoms with Crippen molar-refractivity contribution in [3.05, 3.63) is 23.5 Å². The largest absolute Gasteiger partial charge is 0.463 e. The monoisotopic (exact) mass is 546 g/mol. The summed E-state index contributed by atoms with van der Waals surface area (Å²) in [5.41, 5.74) is 0.346. The van der Waals surface area contributed by atoms with Gasteiger partial charge in [-0.15, -0.1) is 0 Å². The highest BCUT2D eigenvalue weighted by atomic mass is 16.6. The Morgan fingerprint density at radius 3 is 2.46 bits per heavy atom. The molecular weight excluding hydrogens is 508 g/mol. The topological polar surface area (TPSA) is 147 Å². The van der Waals surface area contributed by atoms with Gasteiger partial charge in [-0.3, -0.25) is 19.2 Å². The minimum absolute atomic E-state index is 0.0130. The summed E-state index contributed by atoms with van der Waals surface area (Å²) in [7, 11) is 0. The molecule has 0 radical (unpaired) electrons. The van der Waals surface area contributed by atoms with Crippen LogP contribution >= 0.6 is 0 Å². The van der Waals surface area contributed by atoms with E-state index in [2.05, 4.69) is 10.3 Å². The lowest BCUT2D eigenvalue weighted by molar-refractivity contribution is -0.176. The van der Waals surface area contributed by atoms with Gasteiger partial charge in [0, 0.05) is 6.20 Å². The lowest BCUT2D eigenvalue weighted by atomic mass is 9.89. The molecule has 2 aliphatic rings. The van der Waals surface area contributed by atoms with Crippen molar-refractivity contribution in [2.75, 3.05) is 6.61 Å². The molecule has 1 aromatic rings. The third-order valence-electron chi connectivity index (χ3n) is 7.07. The molecule has 39 heavy (non-hydrogen) atoms. The molecule has 11 heteroatoms. The number of rotatable bonds is 7. The normalized spacial score (nSPS) is 24.5. The summed E-state index contributed by atoms with van der Waals surface area (Å²) in [5, 5.41) is 2.50. The lowest BCUT2D eigenvalue weighted by Crippen LogP contribution is -2.47. The third-order valence-corrected chi connectivity index (χ3v) is 7.07. The molecule has 214 valence electrons. The number of cyclic esters (lactones) is 2. The minimum Gasteiger partial charge on any atom is -0.463 e. The molecule has 3 rings (SSSR count). The van der Waals surface area contributed by atoms with Gasteiger partial charge < -0.3 is 24.3 Å². The second kappa shape index (κ2) is 13.5. The summed E-state index contributed by atoms with van der Waals surface area (Å²) in [6.07, 6.45) is 4.03.